The van der Waals surface area contributed by atoms with E-state index in [9.17, 15) is 9.59 Å². The van der Waals surface area contributed by atoms with Crippen LogP contribution in [-0.4, -0.2) is 23.5 Å². The number of anilines is 1. The summed E-state index contributed by atoms with van der Waals surface area (Å²) in [5, 5.41) is 9.07. The summed E-state index contributed by atoms with van der Waals surface area (Å²) < 4.78 is 0. The molecule has 0 unspecified atom stereocenters. The number of carbonyl (C=O) groups excluding carboxylic acids is 2. The van der Waals surface area contributed by atoms with Gasteiger partial charge in [-0.1, -0.05) is 54.1 Å². The van der Waals surface area contributed by atoms with Gasteiger partial charge in [0, 0.05) is 17.1 Å². The number of thiocarbonyl (C=S) groups is 1. The van der Waals surface area contributed by atoms with Crippen LogP contribution < -0.4 is 16.0 Å². The molecule has 0 spiro atoms. The Balaban J connectivity index is 1.58. The first kappa shape index (κ1) is 21.5. The largest absolute Gasteiger partial charge is 0.352 e. The van der Waals surface area contributed by atoms with Crippen molar-refractivity contribution in [3.63, 3.8) is 0 Å². The molecule has 0 aromatic heterocycles. The van der Waals surface area contributed by atoms with Gasteiger partial charge in [0.1, 0.15) is 0 Å². The Hall–Kier alpha value is -3.22. The molecule has 0 atom stereocenters. The summed E-state index contributed by atoms with van der Waals surface area (Å²) in [6.45, 7) is 0.509. The number of rotatable bonds is 6. The Bertz CT molecular complexity index is 1040. The summed E-state index contributed by atoms with van der Waals surface area (Å²) in [4.78, 5) is 24.9. The summed E-state index contributed by atoms with van der Waals surface area (Å²) in [6, 6.07) is 23.4. The van der Waals surface area contributed by atoms with E-state index in [1.165, 1.54) is 0 Å². The minimum atomic E-state index is -0.367. The predicted molar refractivity (Wildman–Crippen MR) is 124 cm³/mol. The van der Waals surface area contributed by atoms with E-state index in [0.29, 0.717) is 28.4 Å². The number of amides is 2. The number of benzene rings is 3. The fourth-order valence-electron chi connectivity index (χ4n) is 2.78. The molecule has 3 N–H and O–H groups in total. The van der Waals surface area contributed by atoms with Crippen LogP contribution in [0, 0.1) is 0 Å². The smallest absolute Gasteiger partial charge is 0.257 e. The van der Waals surface area contributed by atoms with Gasteiger partial charge in [0.05, 0.1) is 11.3 Å². The van der Waals surface area contributed by atoms with Gasteiger partial charge in [0.15, 0.2) is 5.11 Å². The van der Waals surface area contributed by atoms with Crippen molar-refractivity contribution in [2.45, 2.75) is 6.42 Å². The first-order valence-corrected chi connectivity index (χ1v) is 10.1. The van der Waals surface area contributed by atoms with E-state index in [1.807, 2.05) is 30.3 Å². The number of carbonyl (C=O) groups is 2. The zero-order valence-electron chi connectivity index (χ0n) is 16.0. The minimum Gasteiger partial charge on any atom is -0.352 e. The van der Waals surface area contributed by atoms with Gasteiger partial charge in [-0.25, -0.2) is 0 Å². The van der Waals surface area contributed by atoms with E-state index >= 15 is 0 Å². The van der Waals surface area contributed by atoms with Crippen molar-refractivity contribution in [3.05, 3.63) is 101 Å². The van der Waals surface area contributed by atoms with Gasteiger partial charge in [-0.3, -0.25) is 14.9 Å². The fraction of sp³-hybridized carbons (Fsp3) is 0.0870. The molecule has 0 saturated heterocycles. The van der Waals surface area contributed by atoms with Crippen molar-refractivity contribution in [1.29, 1.82) is 0 Å². The van der Waals surface area contributed by atoms with Crippen molar-refractivity contribution in [1.82, 2.24) is 10.6 Å². The Kier molecular flexibility index (Phi) is 7.54. The molecule has 0 aliphatic rings. The normalized spacial score (nSPS) is 10.2. The van der Waals surface area contributed by atoms with Crippen LogP contribution in [0.15, 0.2) is 78.9 Å². The lowest BCUT2D eigenvalue weighted by atomic mass is 10.1. The summed E-state index contributed by atoms with van der Waals surface area (Å²) in [5.74, 6) is -0.588. The molecule has 30 heavy (non-hydrogen) atoms. The zero-order chi connectivity index (χ0) is 21.3. The van der Waals surface area contributed by atoms with Crippen LogP contribution in [0.2, 0.25) is 5.02 Å². The van der Waals surface area contributed by atoms with Crippen LogP contribution >= 0.6 is 23.8 Å². The van der Waals surface area contributed by atoms with Crippen LogP contribution in [0.1, 0.15) is 26.3 Å². The molecule has 152 valence electrons. The highest BCUT2D eigenvalue weighted by Crippen LogP contribution is 2.15. The summed E-state index contributed by atoms with van der Waals surface area (Å²) in [5.41, 5.74) is 2.52. The molecule has 0 fully saturated rings. The van der Waals surface area contributed by atoms with Crippen LogP contribution in [0.3, 0.4) is 0 Å². The third kappa shape index (κ3) is 6.14. The molecule has 0 aliphatic carbocycles. The van der Waals surface area contributed by atoms with Crippen LogP contribution in [0.5, 0.6) is 0 Å². The van der Waals surface area contributed by atoms with Crippen molar-refractivity contribution in [3.8, 4) is 0 Å². The van der Waals surface area contributed by atoms with Crippen molar-refractivity contribution in [2.24, 2.45) is 0 Å². The maximum Gasteiger partial charge on any atom is 0.257 e. The van der Waals surface area contributed by atoms with Crippen molar-refractivity contribution in [2.75, 3.05) is 11.9 Å². The predicted octanol–water partition coefficient (Wildman–Crippen LogP) is 4.44. The van der Waals surface area contributed by atoms with Gasteiger partial charge >= 0.3 is 0 Å². The number of para-hydroxylation sites is 1. The van der Waals surface area contributed by atoms with E-state index in [-0.39, 0.29) is 16.9 Å². The van der Waals surface area contributed by atoms with E-state index < -0.39 is 0 Å². The molecule has 7 heteroatoms. The first-order chi connectivity index (χ1) is 14.5. The van der Waals surface area contributed by atoms with Gasteiger partial charge in [0.25, 0.3) is 11.8 Å². The Morgan fingerprint density at radius 1 is 0.833 bits per heavy atom. The SMILES string of the molecule is O=C(NC(=S)Nc1ccccc1C(=O)NCCc1ccccc1)c1ccc(Cl)cc1. The van der Waals surface area contributed by atoms with Crippen molar-refractivity contribution >= 4 is 46.4 Å². The van der Waals surface area contributed by atoms with Crippen LogP contribution in [-0.2, 0) is 6.42 Å². The summed E-state index contributed by atoms with van der Waals surface area (Å²) in [6.07, 6.45) is 0.734. The molecule has 0 bridgehead atoms. The Morgan fingerprint density at radius 2 is 1.50 bits per heavy atom. The average Bonchev–Trinajstić information content (AvgIpc) is 2.75. The second-order valence-electron chi connectivity index (χ2n) is 6.45. The van der Waals surface area contributed by atoms with Gasteiger partial charge < -0.3 is 10.6 Å². The lowest BCUT2D eigenvalue weighted by Crippen LogP contribution is -2.35. The highest BCUT2D eigenvalue weighted by molar-refractivity contribution is 7.80. The van der Waals surface area contributed by atoms with Crippen LogP contribution in [0.25, 0.3) is 0 Å². The number of nitrogens with one attached hydrogen (secondary N) is 3. The first-order valence-electron chi connectivity index (χ1n) is 9.32. The number of halogens is 1. The molecule has 3 rings (SSSR count). The average molecular weight is 438 g/mol. The summed E-state index contributed by atoms with van der Waals surface area (Å²) >= 11 is 11.1. The van der Waals surface area contributed by atoms with E-state index in [2.05, 4.69) is 16.0 Å². The summed E-state index contributed by atoms with van der Waals surface area (Å²) in [7, 11) is 0. The second-order valence-corrected chi connectivity index (χ2v) is 7.30. The van der Waals surface area contributed by atoms with Gasteiger partial charge in [0.2, 0.25) is 0 Å². The zero-order valence-corrected chi connectivity index (χ0v) is 17.6. The lowest BCUT2D eigenvalue weighted by molar-refractivity contribution is 0.0953. The van der Waals surface area contributed by atoms with Crippen molar-refractivity contribution < 1.29 is 9.59 Å². The molecule has 3 aromatic carbocycles. The standard InChI is InChI=1S/C23H20ClN3O2S/c24-18-12-10-17(11-13-18)21(28)27-23(30)26-20-9-5-4-8-19(20)22(29)25-15-14-16-6-2-1-3-7-16/h1-13H,14-15H2,(H,25,29)(H2,26,27,28,30). The maximum atomic E-state index is 12.6. The molecule has 0 radical (unpaired) electrons. The molecular formula is C23H20ClN3O2S. The van der Waals surface area contributed by atoms with Gasteiger partial charge in [-0.2, -0.15) is 0 Å². The van der Waals surface area contributed by atoms with E-state index in [0.717, 1.165) is 12.0 Å². The molecule has 5 nitrogen and oxygen atoms in total. The van der Waals surface area contributed by atoms with Gasteiger partial charge in [-0.05, 0) is 60.6 Å². The quantitative estimate of drug-likeness (QED) is 0.498. The minimum absolute atomic E-state index is 0.0967. The van der Waals surface area contributed by atoms with E-state index in [1.54, 1.807) is 48.5 Å². The molecule has 0 aliphatic heterocycles. The molecule has 0 saturated carbocycles. The van der Waals surface area contributed by atoms with Crippen LogP contribution in [0.4, 0.5) is 5.69 Å². The number of hydrogen-bond acceptors (Lipinski definition) is 3. The Labute approximate surface area is 185 Å². The number of hydrogen-bond donors (Lipinski definition) is 3. The molecule has 3 aromatic rings. The van der Waals surface area contributed by atoms with Gasteiger partial charge in [-0.15, -0.1) is 0 Å². The monoisotopic (exact) mass is 437 g/mol. The van der Waals surface area contributed by atoms with E-state index in [4.69, 9.17) is 23.8 Å². The maximum absolute atomic E-state index is 12.6. The topological polar surface area (TPSA) is 70.2 Å². The fourth-order valence-corrected chi connectivity index (χ4v) is 3.11. The lowest BCUT2D eigenvalue weighted by Gasteiger charge is -2.13. The molecule has 2 amide bonds. The highest BCUT2D eigenvalue weighted by atomic mass is 35.5. The third-order valence-corrected chi connectivity index (χ3v) is 4.75. The third-order valence-electron chi connectivity index (χ3n) is 4.30. The molecule has 0 heterocycles. The Morgan fingerprint density at radius 3 is 2.23 bits per heavy atom. The highest BCUT2D eigenvalue weighted by Gasteiger charge is 2.13. The molecular weight excluding hydrogens is 418 g/mol. The second kappa shape index (κ2) is 10.5.